The third-order valence-electron chi connectivity index (χ3n) is 4.05. The monoisotopic (exact) mass is 361 g/mol. The van der Waals surface area contributed by atoms with Gasteiger partial charge in [-0.1, -0.05) is 30.4 Å². The van der Waals surface area contributed by atoms with Crippen LogP contribution in [0.4, 0.5) is 0 Å². The van der Waals surface area contributed by atoms with Crippen LogP contribution in [-0.4, -0.2) is 28.8 Å². The molecule has 0 saturated heterocycles. The van der Waals surface area contributed by atoms with Gasteiger partial charge in [0, 0.05) is 11.7 Å². The highest BCUT2D eigenvalue weighted by Gasteiger charge is 2.05. The first kappa shape index (κ1) is 18.2. The molecule has 5 nitrogen and oxygen atoms in total. The maximum absolute atomic E-state index is 12.0. The number of allylic oxidation sites excluding steroid dienone is 2. The topological polar surface area (TPSA) is 79.4 Å². The first-order valence-corrected chi connectivity index (χ1v) is 8.41. The van der Waals surface area contributed by atoms with Crippen molar-refractivity contribution >= 4 is 34.6 Å². The molecule has 0 aliphatic carbocycles. The van der Waals surface area contributed by atoms with Crippen molar-refractivity contribution in [1.29, 1.82) is 0 Å². The van der Waals surface area contributed by atoms with Crippen LogP contribution in [0.5, 0.6) is 11.5 Å². The van der Waals surface area contributed by atoms with Gasteiger partial charge in [0.1, 0.15) is 0 Å². The summed E-state index contributed by atoms with van der Waals surface area (Å²) in [5.74, 6) is -0.211. The SMILES string of the molecule is COc1cc(C=CC(=O)CC(=O)C=Cc2ccc3cc[nH]c3c2)ccc1O. The molecule has 0 aliphatic heterocycles. The van der Waals surface area contributed by atoms with Crippen molar-refractivity contribution in [2.75, 3.05) is 7.11 Å². The zero-order valence-corrected chi connectivity index (χ0v) is 14.8. The Morgan fingerprint density at radius 1 is 1.00 bits per heavy atom. The van der Waals surface area contributed by atoms with Gasteiger partial charge in [-0.3, -0.25) is 9.59 Å². The van der Waals surface area contributed by atoms with Gasteiger partial charge in [-0.15, -0.1) is 0 Å². The van der Waals surface area contributed by atoms with Gasteiger partial charge in [0.25, 0.3) is 0 Å². The normalized spacial score (nSPS) is 11.4. The van der Waals surface area contributed by atoms with E-state index in [1.165, 1.54) is 25.3 Å². The third-order valence-corrected chi connectivity index (χ3v) is 4.05. The lowest BCUT2D eigenvalue weighted by molar-refractivity contribution is -0.121. The molecule has 3 rings (SSSR count). The first-order chi connectivity index (χ1) is 13.0. The minimum Gasteiger partial charge on any atom is -0.504 e. The van der Waals surface area contributed by atoms with E-state index in [2.05, 4.69) is 4.98 Å². The van der Waals surface area contributed by atoms with Gasteiger partial charge in [0.2, 0.25) is 0 Å². The average molecular weight is 361 g/mol. The van der Waals surface area contributed by atoms with Crippen LogP contribution in [-0.2, 0) is 9.59 Å². The van der Waals surface area contributed by atoms with Crippen molar-refractivity contribution in [3.8, 4) is 11.5 Å². The molecule has 0 atom stereocenters. The number of aromatic hydroxyl groups is 1. The molecule has 0 spiro atoms. The molecule has 1 heterocycles. The molecule has 136 valence electrons. The van der Waals surface area contributed by atoms with Gasteiger partial charge in [-0.05, 0) is 52.9 Å². The van der Waals surface area contributed by atoms with Gasteiger partial charge >= 0.3 is 0 Å². The molecule has 3 aromatic rings. The second-order valence-electron chi connectivity index (χ2n) is 6.03. The molecule has 0 aliphatic rings. The molecule has 0 amide bonds. The molecule has 0 saturated carbocycles. The largest absolute Gasteiger partial charge is 0.504 e. The highest BCUT2D eigenvalue weighted by atomic mass is 16.5. The molecule has 0 fully saturated rings. The van der Waals surface area contributed by atoms with Crippen molar-refractivity contribution in [2.45, 2.75) is 6.42 Å². The number of fused-ring (bicyclic) bond motifs is 1. The molecule has 0 unspecified atom stereocenters. The van der Waals surface area contributed by atoms with Crippen LogP contribution in [0.2, 0.25) is 0 Å². The van der Waals surface area contributed by atoms with Crippen molar-refractivity contribution in [1.82, 2.24) is 4.98 Å². The molecule has 0 bridgehead atoms. The minimum absolute atomic E-state index is 0.0267. The second kappa shape index (κ2) is 8.19. The van der Waals surface area contributed by atoms with Crippen LogP contribution in [0.25, 0.3) is 23.1 Å². The quantitative estimate of drug-likeness (QED) is 0.490. The van der Waals surface area contributed by atoms with E-state index in [1.54, 1.807) is 24.3 Å². The third kappa shape index (κ3) is 4.73. The van der Waals surface area contributed by atoms with E-state index in [0.29, 0.717) is 11.3 Å². The van der Waals surface area contributed by atoms with Gasteiger partial charge in [0.15, 0.2) is 23.1 Å². The number of hydrogen-bond acceptors (Lipinski definition) is 4. The Hall–Kier alpha value is -3.60. The highest BCUT2D eigenvalue weighted by molar-refractivity contribution is 6.11. The van der Waals surface area contributed by atoms with Crippen molar-refractivity contribution in [2.24, 2.45) is 0 Å². The maximum Gasteiger partial charge on any atom is 0.163 e. The number of carbonyl (C=O) groups is 2. The van der Waals surface area contributed by atoms with Crippen LogP contribution in [0, 0.1) is 0 Å². The van der Waals surface area contributed by atoms with Gasteiger partial charge in [-0.25, -0.2) is 0 Å². The molecule has 1 aromatic heterocycles. The van der Waals surface area contributed by atoms with E-state index in [0.717, 1.165) is 16.5 Å². The summed E-state index contributed by atoms with van der Waals surface area (Å²) < 4.78 is 5.02. The molecule has 0 radical (unpaired) electrons. The van der Waals surface area contributed by atoms with E-state index in [1.807, 2.05) is 30.5 Å². The summed E-state index contributed by atoms with van der Waals surface area (Å²) in [6.45, 7) is 0. The Morgan fingerprint density at radius 2 is 1.67 bits per heavy atom. The van der Waals surface area contributed by atoms with E-state index >= 15 is 0 Å². The average Bonchev–Trinajstić information content (AvgIpc) is 3.13. The molecule has 2 aromatic carbocycles. The number of benzene rings is 2. The number of methoxy groups -OCH3 is 1. The van der Waals surface area contributed by atoms with Gasteiger partial charge in [0.05, 0.1) is 13.5 Å². The van der Waals surface area contributed by atoms with Gasteiger partial charge < -0.3 is 14.8 Å². The number of hydrogen-bond donors (Lipinski definition) is 2. The first-order valence-electron chi connectivity index (χ1n) is 8.41. The summed E-state index contributed by atoms with van der Waals surface area (Å²) in [4.78, 5) is 27.1. The van der Waals surface area contributed by atoms with E-state index in [-0.39, 0.29) is 23.7 Å². The number of rotatable bonds is 7. The van der Waals surface area contributed by atoms with Crippen molar-refractivity contribution in [3.63, 3.8) is 0 Å². The highest BCUT2D eigenvalue weighted by Crippen LogP contribution is 2.26. The Morgan fingerprint density at radius 3 is 2.37 bits per heavy atom. The Kier molecular flexibility index (Phi) is 5.52. The number of nitrogens with one attached hydrogen (secondary N) is 1. The summed E-state index contributed by atoms with van der Waals surface area (Å²) >= 11 is 0. The molecule has 2 N–H and O–H groups in total. The number of phenolic OH excluding ortho intramolecular Hbond substituents is 1. The van der Waals surface area contributed by atoms with E-state index in [4.69, 9.17) is 4.74 Å². The lowest BCUT2D eigenvalue weighted by Gasteiger charge is -2.03. The summed E-state index contributed by atoms with van der Waals surface area (Å²) in [6, 6.07) is 12.5. The predicted molar refractivity (Wildman–Crippen MR) is 106 cm³/mol. The van der Waals surface area contributed by atoms with E-state index < -0.39 is 0 Å². The van der Waals surface area contributed by atoms with Crippen molar-refractivity contribution in [3.05, 3.63) is 71.9 Å². The zero-order chi connectivity index (χ0) is 19.2. The lowest BCUT2D eigenvalue weighted by atomic mass is 10.1. The Balaban J connectivity index is 1.59. The fourth-order valence-electron chi connectivity index (χ4n) is 2.63. The maximum atomic E-state index is 12.0. The van der Waals surface area contributed by atoms with Crippen LogP contribution >= 0.6 is 0 Å². The van der Waals surface area contributed by atoms with Crippen LogP contribution < -0.4 is 4.74 Å². The number of aromatic nitrogens is 1. The smallest absolute Gasteiger partial charge is 0.163 e. The number of carbonyl (C=O) groups excluding carboxylic acids is 2. The number of H-pyrrole nitrogens is 1. The second-order valence-corrected chi connectivity index (χ2v) is 6.03. The van der Waals surface area contributed by atoms with Crippen LogP contribution in [0.1, 0.15) is 17.5 Å². The van der Waals surface area contributed by atoms with Crippen LogP contribution in [0.3, 0.4) is 0 Å². The summed E-state index contributed by atoms with van der Waals surface area (Å²) in [5, 5.41) is 10.7. The summed E-state index contributed by atoms with van der Waals surface area (Å²) in [5.41, 5.74) is 2.57. The summed E-state index contributed by atoms with van der Waals surface area (Å²) in [7, 11) is 1.45. The van der Waals surface area contributed by atoms with Gasteiger partial charge in [-0.2, -0.15) is 0 Å². The number of aromatic amines is 1. The Labute approximate surface area is 156 Å². The van der Waals surface area contributed by atoms with Crippen molar-refractivity contribution < 1.29 is 19.4 Å². The molecular formula is C22H19NO4. The lowest BCUT2D eigenvalue weighted by Crippen LogP contribution is -2.01. The fraction of sp³-hybridized carbons (Fsp3) is 0.0909. The van der Waals surface area contributed by atoms with Crippen LogP contribution in [0.15, 0.2) is 60.8 Å². The van der Waals surface area contributed by atoms with E-state index in [9.17, 15) is 14.7 Å². The fourth-order valence-corrected chi connectivity index (χ4v) is 2.63. The zero-order valence-electron chi connectivity index (χ0n) is 14.8. The predicted octanol–water partition coefficient (Wildman–Crippen LogP) is 4.14. The molecule has 5 heteroatoms. The number of phenols is 1. The Bertz CT molecular complexity index is 1040. The molecular weight excluding hydrogens is 342 g/mol. The summed E-state index contributed by atoms with van der Waals surface area (Å²) in [6.07, 6.45) is 7.71. The molecule has 27 heavy (non-hydrogen) atoms. The number of ether oxygens (including phenoxy) is 1. The number of ketones is 2. The minimum atomic E-state index is -0.295. The standard InChI is InChI=1S/C22H19NO4/c1-27-22-13-16(5-9-21(22)26)4-8-19(25)14-18(24)7-3-15-2-6-17-10-11-23-20(17)12-15/h2-13,23,26H,14H2,1H3.